The molecule has 27 heavy (non-hydrogen) atoms. The second-order valence-electron chi connectivity index (χ2n) is 5.48. The Labute approximate surface area is 172 Å². The fourth-order valence-electron chi connectivity index (χ4n) is 2.35. The third kappa shape index (κ3) is 4.27. The first-order chi connectivity index (χ1) is 12.8. The minimum atomic E-state index is -0.651. The number of nitrogens with zero attached hydrogens (tertiary/aromatic N) is 2. The third-order valence-electron chi connectivity index (χ3n) is 3.68. The van der Waals surface area contributed by atoms with Crippen LogP contribution in [0, 0.1) is 10.1 Å². The van der Waals surface area contributed by atoms with Gasteiger partial charge in [0.25, 0.3) is 16.8 Å². The molecule has 0 saturated carbocycles. The monoisotopic (exact) mass is 442 g/mol. The van der Waals surface area contributed by atoms with Crippen LogP contribution < -0.4 is 0 Å². The number of amides is 2. The van der Waals surface area contributed by atoms with Gasteiger partial charge in [0.05, 0.1) is 16.4 Å². The topological polar surface area (TPSA) is 80.5 Å². The van der Waals surface area contributed by atoms with Crippen molar-refractivity contribution in [1.29, 1.82) is 0 Å². The molecule has 0 radical (unpaired) electrons. The summed E-state index contributed by atoms with van der Waals surface area (Å²) in [6.07, 6.45) is 1.35. The highest BCUT2D eigenvalue weighted by Gasteiger charge is 2.35. The Morgan fingerprint density at radius 2 is 1.74 bits per heavy atom. The van der Waals surface area contributed by atoms with Crippen LogP contribution in [0.1, 0.15) is 11.1 Å². The summed E-state index contributed by atoms with van der Waals surface area (Å²) in [7, 11) is 0. The van der Waals surface area contributed by atoms with Crippen LogP contribution >= 0.6 is 46.6 Å². The van der Waals surface area contributed by atoms with Gasteiger partial charge in [-0.3, -0.25) is 24.6 Å². The summed E-state index contributed by atoms with van der Waals surface area (Å²) in [6.45, 7) is 0.0909. The number of nitro groups is 1. The molecule has 0 aromatic heterocycles. The minimum Gasteiger partial charge on any atom is -0.268 e. The Morgan fingerprint density at radius 3 is 2.37 bits per heavy atom. The Balaban J connectivity index is 1.89. The number of imide groups is 1. The molecule has 0 spiro atoms. The van der Waals surface area contributed by atoms with Crippen molar-refractivity contribution >= 4 is 69.5 Å². The van der Waals surface area contributed by atoms with E-state index in [1.165, 1.54) is 12.1 Å². The summed E-state index contributed by atoms with van der Waals surface area (Å²) >= 11 is 18.4. The smallest absolute Gasteiger partial charge is 0.268 e. The van der Waals surface area contributed by atoms with E-state index in [9.17, 15) is 19.7 Å². The van der Waals surface area contributed by atoms with Crippen molar-refractivity contribution in [3.05, 3.63) is 77.6 Å². The molecule has 1 aliphatic rings. The van der Waals surface area contributed by atoms with Gasteiger partial charge in [0.2, 0.25) is 0 Å². The first-order valence-electron chi connectivity index (χ1n) is 7.39. The fourth-order valence-corrected chi connectivity index (χ4v) is 3.82. The summed E-state index contributed by atoms with van der Waals surface area (Å²) in [5, 5.41) is 11.2. The van der Waals surface area contributed by atoms with E-state index in [1.54, 1.807) is 24.3 Å². The van der Waals surface area contributed by atoms with Crippen molar-refractivity contribution in [3.63, 3.8) is 0 Å². The molecule has 138 valence electrons. The van der Waals surface area contributed by atoms with E-state index in [0.29, 0.717) is 5.02 Å². The second-order valence-corrected chi connectivity index (χ2v) is 7.72. The molecular weight excluding hydrogens is 435 g/mol. The maximum absolute atomic E-state index is 12.6. The molecule has 0 aliphatic carbocycles. The van der Waals surface area contributed by atoms with Gasteiger partial charge in [0.1, 0.15) is 5.02 Å². The van der Waals surface area contributed by atoms with Crippen LogP contribution in [0.15, 0.2) is 41.3 Å². The molecule has 0 atom stereocenters. The normalized spacial score (nSPS) is 15.7. The van der Waals surface area contributed by atoms with Crippen LogP contribution in [-0.2, 0) is 11.3 Å². The lowest BCUT2D eigenvalue weighted by Crippen LogP contribution is -2.27. The number of hydrogen-bond acceptors (Lipinski definition) is 5. The number of rotatable bonds is 4. The van der Waals surface area contributed by atoms with E-state index >= 15 is 0 Å². The van der Waals surface area contributed by atoms with Gasteiger partial charge in [0, 0.05) is 21.7 Å². The molecule has 2 amide bonds. The fraction of sp³-hybridized carbons (Fsp3) is 0.0588. The van der Waals surface area contributed by atoms with Crippen molar-refractivity contribution in [3.8, 4) is 0 Å². The van der Waals surface area contributed by atoms with Crippen LogP contribution in [0.25, 0.3) is 6.08 Å². The average Bonchev–Trinajstić information content (AvgIpc) is 2.86. The molecule has 1 aliphatic heterocycles. The summed E-state index contributed by atoms with van der Waals surface area (Å²) in [5.41, 5.74) is 0.626. The summed E-state index contributed by atoms with van der Waals surface area (Å²) in [6, 6.07) is 9.16. The molecule has 0 unspecified atom stereocenters. The summed E-state index contributed by atoms with van der Waals surface area (Å²) in [5.74, 6) is -0.506. The lowest BCUT2D eigenvalue weighted by atomic mass is 10.1. The highest BCUT2D eigenvalue weighted by Crippen LogP contribution is 2.37. The van der Waals surface area contributed by atoms with Crippen LogP contribution in [0.3, 0.4) is 0 Å². The van der Waals surface area contributed by atoms with Crippen molar-refractivity contribution in [2.45, 2.75) is 6.54 Å². The summed E-state index contributed by atoms with van der Waals surface area (Å²) in [4.78, 5) is 36.4. The van der Waals surface area contributed by atoms with E-state index in [0.717, 1.165) is 28.3 Å². The molecule has 0 bridgehead atoms. The van der Waals surface area contributed by atoms with Crippen LogP contribution in [0.4, 0.5) is 10.5 Å². The van der Waals surface area contributed by atoms with Gasteiger partial charge in [-0.2, -0.15) is 0 Å². The van der Waals surface area contributed by atoms with Gasteiger partial charge in [-0.05, 0) is 41.6 Å². The first kappa shape index (κ1) is 19.7. The molecule has 1 saturated heterocycles. The number of carbonyl (C=O) groups excluding carboxylic acids is 2. The SMILES string of the molecule is O=C1S/C(=C\c2cc([N+](=O)[O-])c(Cl)cc2Cl)C(=O)N1Cc1ccc(Cl)cc1. The number of nitro benzene ring substituents is 1. The standard InChI is InChI=1S/C17H9Cl3N2O4S/c18-11-3-1-9(2-4-11)8-21-16(23)15(27-17(21)24)6-10-5-14(22(25)26)13(20)7-12(10)19/h1-7H,8H2/b15-6-. The highest BCUT2D eigenvalue weighted by molar-refractivity contribution is 8.18. The molecule has 1 heterocycles. The predicted molar refractivity (Wildman–Crippen MR) is 106 cm³/mol. The molecular formula is C17H9Cl3N2O4S. The maximum atomic E-state index is 12.6. The molecule has 1 fully saturated rings. The number of hydrogen-bond donors (Lipinski definition) is 0. The lowest BCUT2D eigenvalue weighted by molar-refractivity contribution is -0.384. The number of benzene rings is 2. The highest BCUT2D eigenvalue weighted by atomic mass is 35.5. The van der Waals surface area contributed by atoms with E-state index < -0.39 is 16.1 Å². The number of thioether (sulfide) groups is 1. The quantitative estimate of drug-likeness (QED) is 0.339. The molecule has 3 rings (SSSR count). The van der Waals surface area contributed by atoms with Gasteiger partial charge in [-0.25, -0.2) is 0 Å². The molecule has 10 heteroatoms. The van der Waals surface area contributed by atoms with E-state index in [-0.39, 0.29) is 32.7 Å². The minimum absolute atomic E-state index is 0.0909. The van der Waals surface area contributed by atoms with Crippen LogP contribution in [0.5, 0.6) is 0 Å². The lowest BCUT2D eigenvalue weighted by Gasteiger charge is -2.12. The molecule has 2 aromatic rings. The third-order valence-corrected chi connectivity index (χ3v) is 5.47. The second kappa shape index (κ2) is 7.90. The average molecular weight is 444 g/mol. The van der Waals surface area contributed by atoms with Gasteiger partial charge in [0.15, 0.2) is 0 Å². The van der Waals surface area contributed by atoms with Crippen LogP contribution in [0.2, 0.25) is 15.1 Å². The Bertz CT molecular complexity index is 992. The number of carbonyl (C=O) groups is 2. The molecule has 2 aromatic carbocycles. The zero-order valence-electron chi connectivity index (χ0n) is 13.3. The summed E-state index contributed by atoms with van der Waals surface area (Å²) < 4.78 is 0. The Kier molecular flexibility index (Phi) is 5.76. The Hall–Kier alpha value is -2.06. The molecule has 0 N–H and O–H groups in total. The van der Waals surface area contributed by atoms with Crippen molar-refractivity contribution in [2.75, 3.05) is 0 Å². The van der Waals surface area contributed by atoms with Crippen molar-refractivity contribution in [1.82, 2.24) is 4.90 Å². The van der Waals surface area contributed by atoms with Gasteiger partial charge >= 0.3 is 0 Å². The van der Waals surface area contributed by atoms with Crippen LogP contribution in [-0.4, -0.2) is 21.0 Å². The van der Waals surface area contributed by atoms with Crippen molar-refractivity contribution < 1.29 is 14.5 Å². The zero-order valence-corrected chi connectivity index (χ0v) is 16.4. The van der Waals surface area contributed by atoms with Gasteiger partial charge < -0.3 is 0 Å². The van der Waals surface area contributed by atoms with E-state index in [4.69, 9.17) is 34.8 Å². The van der Waals surface area contributed by atoms with E-state index in [2.05, 4.69) is 0 Å². The maximum Gasteiger partial charge on any atom is 0.293 e. The van der Waals surface area contributed by atoms with Gasteiger partial charge in [-0.15, -0.1) is 0 Å². The predicted octanol–water partition coefficient (Wildman–Crippen LogP) is 5.79. The van der Waals surface area contributed by atoms with Gasteiger partial charge in [-0.1, -0.05) is 46.9 Å². The largest absolute Gasteiger partial charge is 0.293 e. The molecule has 6 nitrogen and oxygen atoms in total. The zero-order chi connectivity index (χ0) is 19.7. The first-order valence-corrected chi connectivity index (χ1v) is 9.34. The van der Waals surface area contributed by atoms with E-state index in [1.807, 2.05) is 0 Å². The van der Waals surface area contributed by atoms with Crippen molar-refractivity contribution in [2.24, 2.45) is 0 Å². The Morgan fingerprint density at radius 1 is 1.07 bits per heavy atom. The number of halogens is 3.